The summed E-state index contributed by atoms with van der Waals surface area (Å²) in [4.78, 5) is 19.7. The number of imidazole rings is 1. The Kier molecular flexibility index (Phi) is 3.77. The Hall–Kier alpha value is -3.02. The van der Waals surface area contributed by atoms with E-state index in [1.54, 1.807) is 0 Å². The van der Waals surface area contributed by atoms with Gasteiger partial charge >= 0.3 is 0 Å². The molecule has 2 aliphatic rings. The molecule has 0 bridgehead atoms. The molecule has 1 atom stereocenters. The number of rotatable bonds is 2. The van der Waals surface area contributed by atoms with Crippen LogP contribution in [0.25, 0.3) is 5.65 Å². The third-order valence-electron chi connectivity index (χ3n) is 5.38. The average molecular weight is 363 g/mol. The molecular weight excluding hydrogens is 342 g/mol. The van der Waals surface area contributed by atoms with Crippen LogP contribution in [-0.2, 0) is 0 Å². The predicted molar refractivity (Wildman–Crippen MR) is 100 cm³/mol. The molecule has 0 spiro atoms. The zero-order chi connectivity index (χ0) is 18.4. The van der Waals surface area contributed by atoms with Crippen LogP contribution in [-0.4, -0.2) is 40.0 Å². The number of aryl methyl sites for hydroxylation is 1. The predicted octanol–water partition coefficient (Wildman–Crippen LogP) is 3.39. The lowest BCUT2D eigenvalue weighted by molar-refractivity contribution is 0.0730. The number of hydrogen-bond acceptors (Lipinski definition) is 4. The number of aromatic nitrogens is 2. The standard InChI is InChI=1S/C21H21N3O3/c1-14-4-2-6-20-22-16(13-24(14)20)21(25)23-9-3-5-17(23)15-7-8-18-19(12-15)27-11-10-26-18/h2,4,6-8,12-13,17H,3,5,9-11H2,1H3/t17-/m1/s1. The fourth-order valence-electron chi connectivity index (χ4n) is 4.02. The Balaban J connectivity index is 1.46. The quantitative estimate of drug-likeness (QED) is 0.700. The summed E-state index contributed by atoms with van der Waals surface area (Å²) in [6, 6.07) is 11.9. The van der Waals surface area contributed by atoms with Crippen LogP contribution >= 0.6 is 0 Å². The van der Waals surface area contributed by atoms with Gasteiger partial charge < -0.3 is 18.8 Å². The summed E-state index contributed by atoms with van der Waals surface area (Å²) in [5.74, 6) is 1.52. The summed E-state index contributed by atoms with van der Waals surface area (Å²) in [6.07, 6.45) is 3.77. The number of fused-ring (bicyclic) bond motifs is 2. The zero-order valence-electron chi connectivity index (χ0n) is 15.2. The second kappa shape index (κ2) is 6.30. The molecule has 138 valence electrons. The largest absolute Gasteiger partial charge is 0.486 e. The van der Waals surface area contributed by atoms with E-state index < -0.39 is 0 Å². The molecule has 0 N–H and O–H groups in total. The highest BCUT2D eigenvalue weighted by atomic mass is 16.6. The molecule has 1 fully saturated rings. The Bertz CT molecular complexity index is 1030. The first kappa shape index (κ1) is 16.2. The van der Waals surface area contributed by atoms with Crippen molar-refractivity contribution >= 4 is 11.6 Å². The third-order valence-corrected chi connectivity index (χ3v) is 5.38. The van der Waals surface area contributed by atoms with Gasteiger partial charge in [0.15, 0.2) is 11.5 Å². The normalized spacial score (nSPS) is 18.9. The van der Waals surface area contributed by atoms with Gasteiger partial charge in [-0.15, -0.1) is 0 Å². The summed E-state index contributed by atoms with van der Waals surface area (Å²) in [6.45, 7) is 3.89. The van der Waals surface area contributed by atoms with E-state index in [-0.39, 0.29) is 11.9 Å². The lowest BCUT2D eigenvalue weighted by atomic mass is 10.0. The molecule has 0 aliphatic carbocycles. The average Bonchev–Trinajstić information content (AvgIpc) is 3.35. The molecule has 0 saturated carbocycles. The van der Waals surface area contributed by atoms with Crippen molar-refractivity contribution in [2.45, 2.75) is 25.8 Å². The zero-order valence-corrected chi connectivity index (χ0v) is 15.2. The summed E-state index contributed by atoms with van der Waals surface area (Å²) >= 11 is 0. The second-order valence-electron chi connectivity index (χ2n) is 7.08. The van der Waals surface area contributed by atoms with E-state index in [1.165, 1.54) is 0 Å². The van der Waals surface area contributed by atoms with E-state index in [4.69, 9.17) is 9.47 Å². The molecular formula is C21H21N3O3. The van der Waals surface area contributed by atoms with Crippen LogP contribution in [0, 0.1) is 6.92 Å². The Morgan fingerprint density at radius 2 is 2.00 bits per heavy atom. The molecule has 4 heterocycles. The van der Waals surface area contributed by atoms with Gasteiger partial charge in [-0.3, -0.25) is 4.79 Å². The fourth-order valence-corrected chi connectivity index (χ4v) is 4.02. The summed E-state index contributed by atoms with van der Waals surface area (Å²) in [7, 11) is 0. The van der Waals surface area contributed by atoms with Gasteiger partial charge in [0.25, 0.3) is 5.91 Å². The fraction of sp³-hybridized carbons (Fsp3) is 0.333. The van der Waals surface area contributed by atoms with Crippen molar-refractivity contribution in [3.8, 4) is 11.5 Å². The van der Waals surface area contributed by atoms with Crippen LogP contribution in [0.15, 0.2) is 42.6 Å². The number of amides is 1. The molecule has 2 aliphatic heterocycles. The number of hydrogen-bond donors (Lipinski definition) is 0. The molecule has 6 heteroatoms. The van der Waals surface area contributed by atoms with Crippen molar-refractivity contribution in [2.24, 2.45) is 0 Å². The molecule has 0 unspecified atom stereocenters. The minimum atomic E-state index is -0.0181. The van der Waals surface area contributed by atoms with Gasteiger partial charge in [0.1, 0.15) is 24.6 Å². The molecule has 27 heavy (non-hydrogen) atoms. The van der Waals surface area contributed by atoms with E-state index >= 15 is 0 Å². The van der Waals surface area contributed by atoms with Crippen molar-refractivity contribution < 1.29 is 14.3 Å². The Morgan fingerprint density at radius 3 is 2.85 bits per heavy atom. The maximum Gasteiger partial charge on any atom is 0.274 e. The molecule has 0 radical (unpaired) electrons. The van der Waals surface area contributed by atoms with Gasteiger partial charge in [0.05, 0.1) is 6.04 Å². The van der Waals surface area contributed by atoms with Crippen molar-refractivity contribution in [1.82, 2.24) is 14.3 Å². The summed E-state index contributed by atoms with van der Waals surface area (Å²) in [5, 5.41) is 0. The molecule has 1 amide bonds. The number of ether oxygens (including phenoxy) is 2. The Labute approximate surface area is 157 Å². The number of carbonyl (C=O) groups is 1. The summed E-state index contributed by atoms with van der Waals surface area (Å²) < 4.78 is 13.3. The smallest absolute Gasteiger partial charge is 0.274 e. The van der Waals surface area contributed by atoms with Gasteiger partial charge in [-0.05, 0) is 49.6 Å². The van der Waals surface area contributed by atoms with E-state index in [9.17, 15) is 4.79 Å². The molecule has 2 aromatic heterocycles. The van der Waals surface area contributed by atoms with Crippen LogP contribution in [0.3, 0.4) is 0 Å². The van der Waals surface area contributed by atoms with E-state index in [0.29, 0.717) is 18.9 Å². The van der Waals surface area contributed by atoms with Gasteiger partial charge in [0, 0.05) is 18.4 Å². The third kappa shape index (κ3) is 2.72. The summed E-state index contributed by atoms with van der Waals surface area (Å²) in [5.41, 5.74) is 3.44. The first-order valence-corrected chi connectivity index (χ1v) is 9.36. The first-order valence-electron chi connectivity index (χ1n) is 9.36. The van der Waals surface area contributed by atoms with Crippen molar-refractivity contribution in [3.63, 3.8) is 0 Å². The number of benzene rings is 1. The molecule has 1 aromatic carbocycles. The highest BCUT2D eigenvalue weighted by Gasteiger charge is 2.32. The van der Waals surface area contributed by atoms with Crippen LogP contribution < -0.4 is 9.47 Å². The highest BCUT2D eigenvalue weighted by Crippen LogP contribution is 2.38. The topological polar surface area (TPSA) is 56.1 Å². The van der Waals surface area contributed by atoms with Gasteiger partial charge in [-0.2, -0.15) is 0 Å². The lowest BCUT2D eigenvalue weighted by Crippen LogP contribution is -2.31. The number of likely N-dealkylation sites (tertiary alicyclic amines) is 1. The SMILES string of the molecule is Cc1cccc2nc(C(=O)N3CCC[C@@H]3c3ccc4c(c3)OCCO4)cn12. The van der Waals surface area contributed by atoms with Crippen LogP contribution in [0.5, 0.6) is 11.5 Å². The minimum absolute atomic E-state index is 0.0181. The molecule has 6 nitrogen and oxygen atoms in total. The van der Waals surface area contributed by atoms with Crippen molar-refractivity contribution in [2.75, 3.05) is 19.8 Å². The van der Waals surface area contributed by atoms with Crippen LogP contribution in [0.4, 0.5) is 0 Å². The van der Waals surface area contributed by atoms with E-state index in [0.717, 1.165) is 47.8 Å². The lowest BCUT2D eigenvalue weighted by Gasteiger charge is -2.26. The Morgan fingerprint density at radius 1 is 1.15 bits per heavy atom. The maximum atomic E-state index is 13.2. The van der Waals surface area contributed by atoms with Gasteiger partial charge in [-0.25, -0.2) is 4.98 Å². The molecule has 5 rings (SSSR count). The molecule has 1 saturated heterocycles. The first-order chi connectivity index (χ1) is 13.2. The van der Waals surface area contributed by atoms with Crippen LogP contribution in [0.1, 0.15) is 40.6 Å². The highest BCUT2D eigenvalue weighted by molar-refractivity contribution is 5.93. The van der Waals surface area contributed by atoms with Crippen molar-refractivity contribution in [1.29, 1.82) is 0 Å². The minimum Gasteiger partial charge on any atom is -0.486 e. The number of carbonyl (C=O) groups excluding carboxylic acids is 1. The molecule has 3 aromatic rings. The maximum absolute atomic E-state index is 13.2. The van der Waals surface area contributed by atoms with E-state index in [2.05, 4.69) is 4.98 Å². The van der Waals surface area contributed by atoms with Gasteiger partial charge in [-0.1, -0.05) is 12.1 Å². The van der Waals surface area contributed by atoms with Gasteiger partial charge in [0.2, 0.25) is 0 Å². The van der Waals surface area contributed by atoms with Crippen LogP contribution in [0.2, 0.25) is 0 Å². The van der Waals surface area contributed by atoms with Crippen molar-refractivity contribution in [3.05, 3.63) is 59.5 Å². The number of pyridine rings is 1. The number of nitrogens with zero attached hydrogens (tertiary/aromatic N) is 3. The second-order valence-corrected chi connectivity index (χ2v) is 7.08. The monoisotopic (exact) mass is 363 g/mol. The van der Waals surface area contributed by atoms with E-state index in [1.807, 2.05) is 58.8 Å².